The number of aryl methyl sites for hydroxylation is 1. The zero-order valence-electron chi connectivity index (χ0n) is 9.93. The lowest BCUT2D eigenvalue weighted by Gasteiger charge is -2.03. The molecule has 0 fully saturated rings. The molecule has 0 saturated heterocycles. The molecule has 0 spiro atoms. The third kappa shape index (κ3) is 4.41. The van der Waals surface area contributed by atoms with E-state index in [4.69, 9.17) is 4.74 Å². The number of ether oxygens (including phenoxy) is 1. The van der Waals surface area contributed by atoms with Crippen LogP contribution in [0.25, 0.3) is 0 Å². The Kier molecular flexibility index (Phi) is 4.79. The number of hydrogen-bond acceptors (Lipinski definition) is 2. The summed E-state index contributed by atoms with van der Waals surface area (Å²) in [7, 11) is 0. The van der Waals surface area contributed by atoms with Crippen molar-refractivity contribution in [2.24, 2.45) is 0 Å². The molecule has 0 aliphatic rings. The Bertz CT molecular complexity index is 397. The summed E-state index contributed by atoms with van der Waals surface area (Å²) in [6.07, 6.45) is 6.61. The quantitative estimate of drug-likeness (QED) is 0.742. The van der Waals surface area contributed by atoms with Crippen LogP contribution in [0.3, 0.4) is 0 Å². The van der Waals surface area contributed by atoms with Crippen molar-refractivity contribution in [3.05, 3.63) is 54.1 Å². The molecule has 2 rings (SSSR count). The first kappa shape index (κ1) is 11.9. The Hall–Kier alpha value is -1.61. The van der Waals surface area contributed by atoms with Gasteiger partial charge in [-0.2, -0.15) is 0 Å². The first-order valence-corrected chi connectivity index (χ1v) is 6.04. The molecule has 3 nitrogen and oxygen atoms in total. The van der Waals surface area contributed by atoms with E-state index in [1.807, 2.05) is 12.3 Å². The minimum Gasteiger partial charge on any atom is -0.381 e. The van der Waals surface area contributed by atoms with Crippen LogP contribution in [-0.4, -0.2) is 23.2 Å². The van der Waals surface area contributed by atoms with Crippen molar-refractivity contribution in [3.63, 3.8) is 0 Å². The standard InChI is InChI=1S/C14H18N2O/c1-2-5-13(6-3-1)8-10-17-9-4-7-14-11-15-12-16-14/h1-3,5-6,11-12H,4,7-10H2,(H,15,16). The van der Waals surface area contributed by atoms with Crippen molar-refractivity contribution < 1.29 is 4.74 Å². The second-order valence-corrected chi connectivity index (χ2v) is 4.03. The lowest BCUT2D eigenvalue weighted by molar-refractivity contribution is 0.135. The van der Waals surface area contributed by atoms with Crippen LogP contribution >= 0.6 is 0 Å². The summed E-state index contributed by atoms with van der Waals surface area (Å²) in [6, 6.07) is 10.4. The molecule has 90 valence electrons. The lowest BCUT2D eigenvalue weighted by atomic mass is 10.2. The average Bonchev–Trinajstić information content (AvgIpc) is 2.88. The van der Waals surface area contributed by atoms with Gasteiger partial charge in [0.05, 0.1) is 12.9 Å². The van der Waals surface area contributed by atoms with E-state index in [0.717, 1.165) is 32.5 Å². The molecule has 2 aromatic rings. The van der Waals surface area contributed by atoms with E-state index < -0.39 is 0 Å². The zero-order valence-corrected chi connectivity index (χ0v) is 9.93. The summed E-state index contributed by atoms with van der Waals surface area (Å²) >= 11 is 0. The van der Waals surface area contributed by atoms with Gasteiger partial charge in [-0.15, -0.1) is 0 Å². The summed E-state index contributed by atoms with van der Waals surface area (Å²) in [5, 5.41) is 0. The maximum absolute atomic E-state index is 5.60. The summed E-state index contributed by atoms with van der Waals surface area (Å²) in [6.45, 7) is 1.61. The molecule has 1 aromatic heterocycles. The highest BCUT2D eigenvalue weighted by atomic mass is 16.5. The van der Waals surface area contributed by atoms with Crippen LogP contribution in [0.15, 0.2) is 42.9 Å². The van der Waals surface area contributed by atoms with Crippen LogP contribution in [0.4, 0.5) is 0 Å². The fourth-order valence-electron chi connectivity index (χ4n) is 1.72. The van der Waals surface area contributed by atoms with E-state index in [-0.39, 0.29) is 0 Å². The molecule has 17 heavy (non-hydrogen) atoms. The Labute approximate surface area is 102 Å². The Morgan fingerprint density at radius 3 is 2.71 bits per heavy atom. The Morgan fingerprint density at radius 1 is 1.06 bits per heavy atom. The highest BCUT2D eigenvalue weighted by molar-refractivity contribution is 5.14. The topological polar surface area (TPSA) is 37.9 Å². The molecule has 0 saturated carbocycles. The number of nitrogens with zero attached hydrogens (tertiary/aromatic N) is 1. The van der Waals surface area contributed by atoms with Crippen LogP contribution in [0.1, 0.15) is 17.7 Å². The minimum absolute atomic E-state index is 0.799. The molecule has 1 heterocycles. The first-order chi connectivity index (χ1) is 8.45. The number of rotatable bonds is 7. The minimum atomic E-state index is 0.799. The number of imidazole rings is 1. The van der Waals surface area contributed by atoms with E-state index in [9.17, 15) is 0 Å². The van der Waals surface area contributed by atoms with Gasteiger partial charge < -0.3 is 9.72 Å². The largest absolute Gasteiger partial charge is 0.381 e. The van der Waals surface area contributed by atoms with Gasteiger partial charge >= 0.3 is 0 Å². The van der Waals surface area contributed by atoms with E-state index in [1.54, 1.807) is 6.33 Å². The number of nitrogens with one attached hydrogen (secondary N) is 1. The van der Waals surface area contributed by atoms with Gasteiger partial charge in [0.1, 0.15) is 0 Å². The summed E-state index contributed by atoms with van der Waals surface area (Å²) in [5.74, 6) is 0. The van der Waals surface area contributed by atoms with Gasteiger partial charge in [-0.05, 0) is 24.8 Å². The number of H-pyrrole nitrogens is 1. The van der Waals surface area contributed by atoms with Crippen molar-refractivity contribution in [1.29, 1.82) is 0 Å². The molecule has 0 radical (unpaired) electrons. The highest BCUT2D eigenvalue weighted by Gasteiger charge is 1.95. The number of hydrogen-bond donors (Lipinski definition) is 1. The van der Waals surface area contributed by atoms with Gasteiger partial charge in [-0.25, -0.2) is 4.98 Å². The number of aromatic nitrogens is 2. The van der Waals surface area contributed by atoms with Gasteiger partial charge in [0.15, 0.2) is 0 Å². The van der Waals surface area contributed by atoms with E-state index in [2.05, 4.69) is 34.2 Å². The van der Waals surface area contributed by atoms with Crippen LogP contribution in [0, 0.1) is 0 Å². The maximum Gasteiger partial charge on any atom is 0.0921 e. The third-order valence-corrected chi connectivity index (χ3v) is 2.67. The van der Waals surface area contributed by atoms with E-state index in [1.165, 1.54) is 11.3 Å². The summed E-state index contributed by atoms with van der Waals surface area (Å²) in [5.41, 5.74) is 2.51. The fourth-order valence-corrected chi connectivity index (χ4v) is 1.72. The molecule has 0 atom stereocenters. The monoisotopic (exact) mass is 230 g/mol. The first-order valence-electron chi connectivity index (χ1n) is 6.04. The molecule has 0 bridgehead atoms. The third-order valence-electron chi connectivity index (χ3n) is 2.67. The highest BCUT2D eigenvalue weighted by Crippen LogP contribution is 2.01. The van der Waals surface area contributed by atoms with Crippen LogP contribution in [0.2, 0.25) is 0 Å². The number of benzene rings is 1. The van der Waals surface area contributed by atoms with E-state index in [0.29, 0.717) is 0 Å². The Morgan fingerprint density at radius 2 is 1.94 bits per heavy atom. The van der Waals surface area contributed by atoms with Crippen LogP contribution in [-0.2, 0) is 17.6 Å². The van der Waals surface area contributed by atoms with Crippen molar-refractivity contribution in [2.75, 3.05) is 13.2 Å². The van der Waals surface area contributed by atoms with Gasteiger partial charge in [-0.1, -0.05) is 30.3 Å². The summed E-state index contributed by atoms with van der Waals surface area (Å²) in [4.78, 5) is 7.07. The lowest BCUT2D eigenvalue weighted by Crippen LogP contribution is -2.01. The predicted octanol–water partition coefficient (Wildman–Crippen LogP) is 2.60. The van der Waals surface area contributed by atoms with Crippen molar-refractivity contribution in [1.82, 2.24) is 9.97 Å². The molecule has 0 aliphatic carbocycles. The molecular weight excluding hydrogens is 212 g/mol. The Balaban J connectivity index is 1.52. The molecule has 0 aliphatic heterocycles. The van der Waals surface area contributed by atoms with Gasteiger partial charge in [-0.3, -0.25) is 0 Å². The second kappa shape index (κ2) is 6.86. The summed E-state index contributed by atoms with van der Waals surface area (Å²) < 4.78 is 5.60. The maximum atomic E-state index is 5.60. The van der Waals surface area contributed by atoms with E-state index >= 15 is 0 Å². The molecular formula is C14H18N2O. The molecule has 0 amide bonds. The smallest absolute Gasteiger partial charge is 0.0921 e. The van der Waals surface area contributed by atoms with Crippen LogP contribution in [0.5, 0.6) is 0 Å². The van der Waals surface area contributed by atoms with Crippen LogP contribution < -0.4 is 0 Å². The normalized spacial score (nSPS) is 10.6. The molecule has 1 N–H and O–H groups in total. The van der Waals surface area contributed by atoms with Gasteiger partial charge in [0.25, 0.3) is 0 Å². The zero-order chi connectivity index (χ0) is 11.8. The van der Waals surface area contributed by atoms with Crippen molar-refractivity contribution in [3.8, 4) is 0 Å². The van der Waals surface area contributed by atoms with Gasteiger partial charge in [0, 0.05) is 18.5 Å². The number of aromatic amines is 1. The molecule has 3 heteroatoms. The van der Waals surface area contributed by atoms with Gasteiger partial charge in [0.2, 0.25) is 0 Å². The average molecular weight is 230 g/mol. The SMILES string of the molecule is c1ccc(CCOCCCc2cnc[nH]2)cc1. The predicted molar refractivity (Wildman–Crippen MR) is 67.9 cm³/mol. The fraction of sp³-hybridized carbons (Fsp3) is 0.357. The molecule has 1 aromatic carbocycles. The van der Waals surface area contributed by atoms with Crippen molar-refractivity contribution in [2.45, 2.75) is 19.3 Å². The second-order valence-electron chi connectivity index (χ2n) is 4.03. The van der Waals surface area contributed by atoms with Crippen molar-refractivity contribution >= 4 is 0 Å². The molecule has 0 unspecified atom stereocenters.